The lowest BCUT2D eigenvalue weighted by Crippen LogP contribution is -2.06. The number of hydrogen-bond acceptors (Lipinski definition) is 7. The fourth-order valence-electron chi connectivity index (χ4n) is 3.72. The molecule has 9 nitrogen and oxygen atoms in total. The summed E-state index contributed by atoms with van der Waals surface area (Å²) in [4.78, 5) is 36.0. The second-order valence-corrected chi connectivity index (χ2v) is 7.50. The smallest absolute Gasteiger partial charge is 0.338 e. The quantitative estimate of drug-likeness (QED) is 0.170. The van der Waals surface area contributed by atoms with E-state index in [1.165, 1.54) is 53.1 Å². The van der Waals surface area contributed by atoms with Crippen molar-refractivity contribution in [1.82, 2.24) is 4.57 Å². The molecule has 0 unspecified atom stereocenters. The Balaban J connectivity index is 1.93. The van der Waals surface area contributed by atoms with Crippen molar-refractivity contribution in [2.24, 2.45) is 0 Å². The fraction of sp³-hybridized carbons (Fsp3) is 0.0769. The average Bonchev–Trinajstić information content (AvgIpc) is 3.14. The Hall–Kier alpha value is -4.92. The van der Waals surface area contributed by atoms with Gasteiger partial charge >= 0.3 is 5.97 Å². The first-order valence-electron chi connectivity index (χ1n) is 10.6. The Morgan fingerprint density at radius 1 is 0.914 bits per heavy atom. The minimum absolute atomic E-state index is 0.132. The molecule has 176 valence electrons. The number of aromatic nitrogens is 1. The first-order valence-corrected chi connectivity index (χ1v) is 10.6. The van der Waals surface area contributed by atoms with Crippen molar-refractivity contribution < 1.29 is 29.5 Å². The van der Waals surface area contributed by atoms with Crippen LogP contribution < -0.4 is 0 Å². The Morgan fingerprint density at radius 2 is 1.54 bits per heavy atom. The van der Waals surface area contributed by atoms with E-state index >= 15 is 0 Å². The Bertz CT molecular complexity index is 1410. The molecule has 0 saturated heterocycles. The van der Waals surface area contributed by atoms with Crippen LogP contribution in [0.1, 0.15) is 33.2 Å². The zero-order valence-corrected chi connectivity index (χ0v) is 18.5. The van der Waals surface area contributed by atoms with E-state index in [9.17, 15) is 29.9 Å². The molecule has 35 heavy (non-hydrogen) atoms. The van der Waals surface area contributed by atoms with Crippen LogP contribution in [-0.4, -0.2) is 38.1 Å². The molecule has 0 aliphatic rings. The third-order valence-electron chi connectivity index (χ3n) is 5.37. The molecule has 0 fully saturated rings. The van der Waals surface area contributed by atoms with E-state index in [0.717, 1.165) is 0 Å². The summed E-state index contributed by atoms with van der Waals surface area (Å²) < 4.78 is 6.24. The number of esters is 1. The molecule has 1 heterocycles. The number of nitro benzene ring substituents is 1. The highest BCUT2D eigenvalue weighted by atomic mass is 16.6. The predicted molar refractivity (Wildman–Crippen MR) is 127 cm³/mol. The van der Waals surface area contributed by atoms with Crippen LogP contribution in [0.15, 0.2) is 78.9 Å². The van der Waals surface area contributed by atoms with E-state index in [-0.39, 0.29) is 34.7 Å². The van der Waals surface area contributed by atoms with Crippen molar-refractivity contribution >= 4 is 17.4 Å². The maximum atomic E-state index is 13.4. The molecule has 1 aromatic heterocycles. The summed E-state index contributed by atoms with van der Waals surface area (Å²) in [5, 5.41) is 32.8. The van der Waals surface area contributed by atoms with Crippen molar-refractivity contribution in [3.63, 3.8) is 0 Å². The third-order valence-corrected chi connectivity index (χ3v) is 5.37. The standard InChI is InChI=1S/C26H20N2O7/c1-2-35-26(32)18-10-12-19(13-11-18)27-22(16-8-14-20(15-9-16)28(33)34)21(24(30)25(27)31)23(29)17-6-4-3-5-7-17/h3-15,30-31H,2H2,1H3. The van der Waals surface area contributed by atoms with E-state index in [2.05, 4.69) is 0 Å². The molecule has 4 rings (SSSR count). The number of aromatic hydroxyl groups is 2. The first kappa shape index (κ1) is 23.2. The molecular formula is C26H20N2O7. The second-order valence-electron chi connectivity index (χ2n) is 7.50. The summed E-state index contributed by atoms with van der Waals surface area (Å²) >= 11 is 0. The van der Waals surface area contributed by atoms with Crippen molar-refractivity contribution in [3.05, 3.63) is 106 Å². The monoisotopic (exact) mass is 472 g/mol. The van der Waals surface area contributed by atoms with Gasteiger partial charge in [0.25, 0.3) is 5.69 Å². The van der Waals surface area contributed by atoms with E-state index < -0.39 is 28.3 Å². The lowest BCUT2D eigenvalue weighted by molar-refractivity contribution is -0.384. The number of ether oxygens (including phenoxy) is 1. The van der Waals surface area contributed by atoms with Gasteiger partial charge in [0.1, 0.15) is 0 Å². The first-order chi connectivity index (χ1) is 16.8. The molecule has 0 atom stereocenters. The maximum Gasteiger partial charge on any atom is 0.338 e. The molecule has 0 amide bonds. The van der Waals surface area contributed by atoms with Crippen LogP contribution in [0.5, 0.6) is 11.6 Å². The Labute approximate surface area is 199 Å². The van der Waals surface area contributed by atoms with E-state index in [1.807, 2.05) is 0 Å². The molecule has 3 aromatic carbocycles. The van der Waals surface area contributed by atoms with E-state index in [4.69, 9.17) is 4.74 Å². The van der Waals surface area contributed by atoms with Crippen LogP contribution in [0.4, 0.5) is 5.69 Å². The minimum Gasteiger partial charge on any atom is -0.503 e. The predicted octanol–water partition coefficient (Wildman–Crippen LogP) is 4.87. The van der Waals surface area contributed by atoms with Crippen LogP contribution in [-0.2, 0) is 4.74 Å². The number of benzene rings is 3. The number of non-ortho nitro benzene ring substituents is 1. The van der Waals surface area contributed by atoms with Gasteiger partial charge in [-0.15, -0.1) is 0 Å². The van der Waals surface area contributed by atoms with Gasteiger partial charge < -0.3 is 14.9 Å². The summed E-state index contributed by atoms with van der Waals surface area (Å²) in [5.41, 5.74) is 1.05. The Morgan fingerprint density at radius 3 is 2.11 bits per heavy atom. The normalized spacial score (nSPS) is 10.7. The maximum absolute atomic E-state index is 13.4. The second kappa shape index (κ2) is 9.52. The molecule has 0 aliphatic heterocycles. The lowest BCUT2D eigenvalue weighted by Gasteiger charge is -2.13. The number of nitrogens with zero attached hydrogens (tertiary/aromatic N) is 2. The van der Waals surface area contributed by atoms with Crippen LogP contribution in [0, 0.1) is 10.1 Å². The van der Waals surface area contributed by atoms with Crippen LogP contribution in [0.25, 0.3) is 16.9 Å². The fourth-order valence-corrected chi connectivity index (χ4v) is 3.72. The molecule has 0 saturated carbocycles. The highest BCUT2D eigenvalue weighted by Gasteiger charge is 2.30. The minimum atomic E-state index is -0.637. The topological polar surface area (TPSA) is 132 Å². The third kappa shape index (κ3) is 4.34. The molecule has 0 aliphatic carbocycles. The van der Waals surface area contributed by atoms with Crippen molar-refractivity contribution in [3.8, 4) is 28.6 Å². The van der Waals surface area contributed by atoms with Gasteiger partial charge in [0, 0.05) is 28.9 Å². The van der Waals surface area contributed by atoms with E-state index in [1.54, 1.807) is 37.3 Å². The lowest BCUT2D eigenvalue weighted by atomic mass is 9.99. The number of rotatable bonds is 7. The van der Waals surface area contributed by atoms with Gasteiger partial charge in [-0.1, -0.05) is 30.3 Å². The summed E-state index contributed by atoms with van der Waals surface area (Å²) in [5.74, 6) is -2.30. The molecule has 0 bridgehead atoms. The zero-order valence-electron chi connectivity index (χ0n) is 18.5. The zero-order chi connectivity index (χ0) is 25.1. The number of ketones is 1. The van der Waals surface area contributed by atoms with E-state index in [0.29, 0.717) is 11.3 Å². The largest absolute Gasteiger partial charge is 0.503 e. The highest BCUT2D eigenvalue weighted by molar-refractivity contribution is 6.15. The van der Waals surface area contributed by atoms with Gasteiger partial charge in [-0.2, -0.15) is 0 Å². The summed E-state index contributed by atoms with van der Waals surface area (Å²) in [6.07, 6.45) is 0. The molecule has 4 aromatic rings. The highest BCUT2D eigenvalue weighted by Crippen LogP contribution is 2.44. The Kier molecular flexibility index (Phi) is 6.32. The summed E-state index contributed by atoms with van der Waals surface area (Å²) in [6, 6.07) is 19.6. The average molecular weight is 472 g/mol. The van der Waals surface area contributed by atoms with Crippen LogP contribution in [0.2, 0.25) is 0 Å². The molecule has 0 spiro atoms. The van der Waals surface area contributed by atoms with Crippen molar-refractivity contribution in [1.29, 1.82) is 0 Å². The van der Waals surface area contributed by atoms with Crippen molar-refractivity contribution in [2.45, 2.75) is 6.92 Å². The summed E-state index contributed by atoms with van der Waals surface area (Å²) in [6.45, 7) is 1.90. The van der Waals surface area contributed by atoms with Crippen LogP contribution >= 0.6 is 0 Å². The number of nitro groups is 1. The van der Waals surface area contributed by atoms with Gasteiger partial charge in [0.2, 0.25) is 5.88 Å². The van der Waals surface area contributed by atoms with Gasteiger partial charge in [-0.25, -0.2) is 4.79 Å². The van der Waals surface area contributed by atoms with Crippen LogP contribution in [0.3, 0.4) is 0 Å². The SMILES string of the molecule is CCOC(=O)c1ccc(-n2c(O)c(O)c(C(=O)c3ccccc3)c2-c2ccc([N+](=O)[O-])cc2)cc1. The molecule has 9 heteroatoms. The van der Waals surface area contributed by atoms with Crippen molar-refractivity contribution in [2.75, 3.05) is 6.61 Å². The van der Waals surface area contributed by atoms with Gasteiger partial charge in [0.05, 0.1) is 28.4 Å². The number of carbonyl (C=O) groups excluding carboxylic acids is 2. The van der Waals surface area contributed by atoms with Gasteiger partial charge in [0.15, 0.2) is 11.5 Å². The molecular weight excluding hydrogens is 452 g/mol. The van der Waals surface area contributed by atoms with Gasteiger partial charge in [-0.05, 0) is 43.3 Å². The molecule has 2 N–H and O–H groups in total. The number of carbonyl (C=O) groups is 2. The molecule has 0 radical (unpaired) electrons. The number of hydrogen-bond donors (Lipinski definition) is 2. The van der Waals surface area contributed by atoms with Gasteiger partial charge in [-0.3, -0.25) is 19.5 Å². The summed E-state index contributed by atoms with van der Waals surface area (Å²) in [7, 11) is 0.